The number of hydrogen-bond acceptors (Lipinski definition) is 5. The summed E-state index contributed by atoms with van der Waals surface area (Å²) >= 11 is 0. The molecule has 7 atom stereocenters. The minimum atomic E-state index is -0.424. The molecule has 4 aliphatic carbocycles. The molecule has 0 aromatic carbocycles. The average Bonchev–Trinajstić information content (AvgIpc) is 3.27. The van der Waals surface area contributed by atoms with Gasteiger partial charge >= 0.3 is 0 Å². The average molecular weight is 393 g/mol. The fourth-order valence-electron chi connectivity index (χ4n) is 8.10. The molecule has 5 fully saturated rings. The Balaban J connectivity index is 1.40. The van der Waals surface area contributed by atoms with Crippen LogP contribution in [-0.2, 0) is 23.7 Å². The summed E-state index contributed by atoms with van der Waals surface area (Å²) in [5.74, 6) is 1.66. The lowest BCUT2D eigenvalue weighted by atomic mass is 9.44. The van der Waals surface area contributed by atoms with E-state index in [1.165, 1.54) is 6.42 Å². The Kier molecular flexibility index (Phi) is 4.70. The maximum atomic E-state index is 13.5. The third-order valence-electron chi connectivity index (χ3n) is 9.64. The molecule has 5 rings (SSSR count). The van der Waals surface area contributed by atoms with Gasteiger partial charge in [0.15, 0.2) is 5.79 Å². The number of carbonyl (C=O) groups is 1. The van der Waals surface area contributed by atoms with E-state index in [4.69, 9.17) is 18.9 Å². The van der Waals surface area contributed by atoms with Gasteiger partial charge in [0.25, 0.3) is 0 Å². The largest absolute Gasteiger partial charge is 0.359 e. The van der Waals surface area contributed by atoms with E-state index in [2.05, 4.69) is 13.8 Å². The fourth-order valence-corrected chi connectivity index (χ4v) is 8.10. The van der Waals surface area contributed by atoms with Crippen molar-refractivity contribution in [3.63, 3.8) is 0 Å². The Morgan fingerprint density at radius 2 is 1.79 bits per heavy atom. The maximum Gasteiger partial charge on any atom is 0.174 e. The highest BCUT2D eigenvalue weighted by molar-refractivity contribution is 5.83. The Hall–Kier alpha value is -0.490. The number of hydrogen-bond donors (Lipinski definition) is 0. The quantitative estimate of drug-likeness (QED) is 0.681. The fraction of sp³-hybridized carbons (Fsp3) is 0.957. The van der Waals surface area contributed by atoms with Crippen molar-refractivity contribution in [1.82, 2.24) is 0 Å². The molecule has 1 spiro atoms. The van der Waals surface area contributed by atoms with Crippen molar-refractivity contribution in [3.8, 4) is 0 Å². The monoisotopic (exact) mass is 392 g/mol. The van der Waals surface area contributed by atoms with Gasteiger partial charge in [-0.2, -0.15) is 0 Å². The predicted molar refractivity (Wildman–Crippen MR) is 104 cm³/mol. The molecule has 0 radical (unpaired) electrons. The van der Waals surface area contributed by atoms with Crippen LogP contribution >= 0.6 is 0 Å². The maximum absolute atomic E-state index is 13.5. The van der Waals surface area contributed by atoms with Crippen LogP contribution in [0.5, 0.6) is 0 Å². The summed E-state index contributed by atoms with van der Waals surface area (Å²) in [6.45, 7) is 6.59. The molecule has 0 bridgehead atoms. The zero-order valence-electron chi connectivity index (χ0n) is 17.7. The third kappa shape index (κ3) is 2.55. The van der Waals surface area contributed by atoms with E-state index in [-0.39, 0.29) is 22.9 Å². The number of ether oxygens (including phenoxy) is 4. The second-order valence-electron chi connectivity index (χ2n) is 10.5. The number of carbonyl (C=O) groups excluding carboxylic acids is 1. The number of fused-ring (bicyclic) bond motifs is 6. The Morgan fingerprint density at radius 3 is 2.54 bits per heavy atom. The van der Waals surface area contributed by atoms with E-state index < -0.39 is 5.79 Å². The van der Waals surface area contributed by atoms with E-state index in [0.29, 0.717) is 43.5 Å². The molecule has 0 N–H and O–H groups in total. The number of methoxy groups -OCH3 is 1. The molecule has 0 aromatic heterocycles. The minimum Gasteiger partial charge on any atom is -0.359 e. The summed E-state index contributed by atoms with van der Waals surface area (Å²) in [5.41, 5.74) is 0.252. The van der Waals surface area contributed by atoms with Gasteiger partial charge in [-0.05, 0) is 61.7 Å². The summed E-state index contributed by atoms with van der Waals surface area (Å²) in [6, 6.07) is 0. The first-order valence-electron chi connectivity index (χ1n) is 11.3. The second-order valence-corrected chi connectivity index (χ2v) is 10.5. The van der Waals surface area contributed by atoms with Crippen LogP contribution in [0.4, 0.5) is 0 Å². The molecule has 1 heterocycles. The van der Waals surface area contributed by atoms with Gasteiger partial charge in [0.1, 0.15) is 12.6 Å². The smallest absolute Gasteiger partial charge is 0.174 e. The van der Waals surface area contributed by atoms with Crippen molar-refractivity contribution in [1.29, 1.82) is 0 Å². The summed E-state index contributed by atoms with van der Waals surface area (Å²) in [7, 11) is 1.67. The lowest BCUT2D eigenvalue weighted by molar-refractivity contribution is -0.245. The van der Waals surface area contributed by atoms with Crippen molar-refractivity contribution in [2.45, 2.75) is 77.1 Å². The Morgan fingerprint density at radius 1 is 1.04 bits per heavy atom. The molecule has 1 aliphatic heterocycles. The zero-order chi connectivity index (χ0) is 19.6. The van der Waals surface area contributed by atoms with Crippen LogP contribution in [0, 0.1) is 34.5 Å². The Bertz CT molecular complexity index is 628. The van der Waals surface area contributed by atoms with Gasteiger partial charge < -0.3 is 18.9 Å². The number of ketones is 1. The molecule has 5 aliphatic rings. The van der Waals surface area contributed by atoms with E-state index in [1.54, 1.807) is 7.11 Å². The number of Topliss-reactive ketones (excluding diaryl/α,β-unsaturated/α-hetero) is 1. The predicted octanol–water partition coefficient (Wildman–Crippen LogP) is 3.94. The topological polar surface area (TPSA) is 54.0 Å². The van der Waals surface area contributed by atoms with Crippen molar-refractivity contribution >= 4 is 5.78 Å². The van der Waals surface area contributed by atoms with Crippen LogP contribution in [0.25, 0.3) is 0 Å². The summed E-state index contributed by atoms with van der Waals surface area (Å²) in [4.78, 5) is 13.5. The van der Waals surface area contributed by atoms with Crippen molar-refractivity contribution in [3.05, 3.63) is 0 Å². The van der Waals surface area contributed by atoms with Gasteiger partial charge in [-0.1, -0.05) is 13.8 Å². The first kappa shape index (κ1) is 19.5. The van der Waals surface area contributed by atoms with E-state index in [9.17, 15) is 4.79 Å². The first-order chi connectivity index (χ1) is 13.4. The summed E-state index contributed by atoms with van der Waals surface area (Å²) in [6.07, 6.45) is 8.52. The molecule has 28 heavy (non-hydrogen) atoms. The van der Waals surface area contributed by atoms with Gasteiger partial charge in [-0.25, -0.2) is 0 Å². The zero-order valence-corrected chi connectivity index (χ0v) is 17.7. The van der Waals surface area contributed by atoms with E-state index in [0.717, 1.165) is 44.9 Å². The molecule has 0 unspecified atom stereocenters. The van der Waals surface area contributed by atoms with Crippen LogP contribution in [0.2, 0.25) is 0 Å². The summed E-state index contributed by atoms with van der Waals surface area (Å²) < 4.78 is 23.4. The van der Waals surface area contributed by atoms with Crippen LogP contribution in [-0.4, -0.2) is 44.8 Å². The lowest BCUT2D eigenvalue weighted by Gasteiger charge is -2.60. The van der Waals surface area contributed by atoms with E-state index in [1.807, 2.05) is 0 Å². The van der Waals surface area contributed by atoms with Crippen molar-refractivity contribution in [2.24, 2.45) is 34.5 Å². The van der Waals surface area contributed by atoms with Gasteiger partial charge in [0.05, 0.1) is 19.3 Å². The first-order valence-corrected chi connectivity index (χ1v) is 11.3. The normalized spacial score (nSPS) is 49.7. The highest BCUT2D eigenvalue weighted by Crippen LogP contribution is 2.68. The van der Waals surface area contributed by atoms with Gasteiger partial charge in [0.2, 0.25) is 0 Å². The van der Waals surface area contributed by atoms with Crippen molar-refractivity contribution in [2.75, 3.05) is 27.1 Å². The van der Waals surface area contributed by atoms with Gasteiger partial charge in [0, 0.05) is 31.3 Å². The van der Waals surface area contributed by atoms with Crippen LogP contribution < -0.4 is 0 Å². The minimum absolute atomic E-state index is 0.0116. The Labute approximate surface area is 168 Å². The van der Waals surface area contributed by atoms with Crippen LogP contribution in [0.1, 0.15) is 65.2 Å². The van der Waals surface area contributed by atoms with Gasteiger partial charge in [-0.3, -0.25) is 4.79 Å². The SMILES string of the molecule is COCO[C@H]1CC[C@@]2(C)[C@@H](CC(=O)[C@@H]3[C@@H]2CC[C@@]2(C)[C@H]3CCC23OCCO3)C1. The van der Waals surface area contributed by atoms with Crippen LogP contribution in [0.3, 0.4) is 0 Å². The van der Waals surface area contributed by atoms with Crippen molar-refractivity contribution < 1.29 is 23.7 Å². The third-order valence-corrected chi connectivity index (χ3v) is 9.64. The molecule has 0 aromatic rings. The lowest BCUT2D eigenvalue weighted by Crippen LogP contribution is -2.59. The molecule has 5 heteroatoms. The second kappa shape index (κ2) is 6.76. The summed E-state index contributed by atoms with van der Waals surface area (Å²) in [5, 5.41) is 0. The molecular weight excluding hydrogens is 356 g/mol. The highest BCUT2D eigenvalue weighted by atomic mass is 16.7. The molecule has 4 saturated carbocycles. The molecular formula is C23H36O5. The molecule has 158 valence electrons. The number of rotatable bonds is 3. The van der Waals surface area contributed by atoms with Gasteiger partial charge in [-0.15, -0.1) is 0 Å². The molecule has 0 amide bonds. The van der Waals surface area contributed by atoms with E-state index >= 15 is 0 Å². The standard InChI is InChI=1S/C23H36O5/c1-21-7-4-16(26-14-25-3)12-15(21)13-19(24)20-17(21)5-8-22(2)18(20)6-9-23(22)27-10-11-28-23/h15-18,20H,4-14H2,1-3H3/t15-,16+,17+,18+,20-,21+,22+/m1/s1. The highest BCUT2D eigenvalue weighted by Gasteiger charge is 2.68. The van der Waals surface area contributed by atoms with Crippen LogP contribution in [0.15, 0.2) is 0 Å². The molecule has 5 nitrogen and oxygen atoms in total. The molecule has 1 saturated heterocycles.